The van der Waals surface area contributed by atoms with Crippen molar-refractivity contribution in [3.8, 4) is 6.07 Å². The average Bonchev–Trinajstić information content (AvgIpc) is 2.85. The lowest BCUT2D eigenvalue weighted by Gasteiger charge is -2.27. The Balaban J connectivity index is 2.36. The van der Waals surface area contributed by atoms with E-state index < -0.39 is 17.3 Å². The highest BCUT2D eigenvalue weighted by Crippen LogP contribution is 2.36. The number of nitrogens with one attached hydrogen (secondary N) is 1. The maximum Gasteiger partial charge on any atom is 0.329 e. The number of hydrogen-bond acceptors (Lipinski definition) is 3. The Morgan fingerprint density at radius 1 is 1.47 bits per heavy atom. The number of nitrogens with zero attached hydrogens (tertiary/aromatic N) is 1. The SMILES string of the molecule is N#Cc1ccc(NC2(C(=O)O)CCCC2)c(F)c1Br. The Bertz CT molecular complexity index is 562. The van der Waals surface area contributed by atoms with E-state index in [1.807, 2.05) is 6.07 Å². The first-order valence-corrected chi connectivity index (χ1v) is 6.69. The standard InChI is InChI=1S/C13H12BrFN2O2/c14-10-8(7-16)3-4-9(11(10)15)17-13(12(18)19)5-1-2-6-13/h3-4,17H,1-2,5-6H2,(H,18,19). The molecule has 2 N–H and O–H groups in total. The molecular weight excluding hydrogens is 315 g/mol. The lowest BCUT2D eigenvalue weighted by molar-refractivity contribution is -0.142. The van der Waals surface area contributed by atoms with Crippen LogP contribution in [0.15, 0.2) is 16.6 Å². The number of aliphatic carboxylic acids is 1. The van der Waals surface area contributed by atoms with E-state index in [-0.39, 0.29) is 15.7 Å². The molecule has 19 heavy (non-hydrogen) atoms. The summed E-state index contributed by atoms with van der Waals surface area (Å²) in [6, 6.07) is 4.72. The number of anilines is 1. The predicted molar refractivity (Wildman–Crippen MR) is 71.3 cm³/mol. The maximum absolute atomic E-state index is 14.1. The van der Waals surface area contributed by atoms with Crippen molar-refractivity contribution in [3.63, 3.8) is 0 Å². The summed E-state index contributed by atoms with van der Waals surface area (Å²) in [6.07, 6.45) is 2.55. The largest absolute Gasteiger partial charge is 0.480 e. The van der Waals surface area contributed by atoms with E-state index in [1.54, 1.807) is 0 Å². The van der Waals surface area contributed by atoms with Gasteiger partial charge in [0, 0.05) is 0 Å². The lowest BCUT2D eigenvalue weighted by Crippen LogP contribution is -2.43. The van der Waals surface area contributed by atoms with E-state index in [0.29, 0.717) is 12.8 Å². The van der Waals surface area contributed by atoms with Gasteiger partial charge >= 0.3 is 5.97 Å². The van der Waals surface area contributed by atoms with Gasteiger partial charge in [-0.2, -0.15) is 5.26 Å². The quantitative estimate of drug-likeness (QED) is 0.894. The van der Waals surface area contributed by atoms with Crippen molar-refractivity contribution in [2.45, 2.75) is 31.2 Å². The van der Waals surface area contributed by atoms with Crippen LogP contribution in [0, 0.1) is 17.1 Å². The van der Waals surface area contributed by atoms with Gasteiger partial charge < -0.3 is 10.4 Å². The van der Waals surface area contributed by atoms with Crippen molar-refractivity contribution in [2.75, 3.05) is 5.32 Å². The van der Waals surface area contributed by atoms with Crippen LogP contribution in [0.4, 0.5) is 10.1 Å². The summed E-state index contributed by atoms with van der Waals surface area (Å²) < 4.78 is 14.1. The average molecular weight is 327 g/mol. The van der Waals surface area contributed by atoms with Gasteiger partial charge in [-0.15, -0.1) is 0 Å². The third-order valence-electron chi connectivity index (χ3n) is 3.44. The van der Waals surface area contributed by atoms with Crippen LogP contribution >= 0.6 is 15.9 Å². The predicted octanol–water partition coefficient (Wildman–Crippen LogP) is 3.27. The summed E-state index contributed by atoms with van der Waals surface area (Å²) in [5, 5.41) is 20.9. The van der Waals surface area contributed by atoms with Gasteiger partial charge in [0.15, 0.2) is 5.82 Å². The molecule has 1 aliphatic rings. The Kier molecular flexibility index (Phi) is 3.76. The molecule has 0 bridgehead atoms. The van der Waals surface area contributed by atoms with Crippen molar-refractivity contribution in [2.24, 2.45) is 0 Å². The van der Waals surface area contributed by atoms with Crippen LogP contribution in [0.2, 0.25) is 0 Å². The Morgan fingerprint density at radius 3 is 2.63 bits per heavy atom. The number of halogens is 2. The third kappa shape index (κ3) is 2.43. The van der Waals surface area contributed by atoms with Crippen LogP contribution in [-0.4, -0.2) is 16.6 Å². The number of carboxylic acid groups (broad SMARTS) is 1. The number of hydrogen-bond donors (Lipinski definition) is 2. The number of carbonyl (C=O) groups is 1. The van der Waals surface area contributed by atoms with E-state index in [1.165, 1.54) is 12.1 Å². The van der Waals surface area contributed by atoms with E-state index in [2.05, 4.69) is 21.2 Å². The molecule has 0 heterocycles. The first kappa shape index (κ1) is 13.8. The fourth-order valence-corrected chi connectivity index (χ4v) is 2.80. The van der Waals surface area contributed by atoms with Crippen molar-refractivity contribution in [1.82, 2.24) is 0 Å². The molecule has 0 amide bonds. The molecule has 0 aliphatic heterocycles. The van der Waals surface area contributed by atoms with Gasteiger partial charge in [0.05, 0.1) is 15.7 Å². The second kappa shape index (κ2) is 5.17. The Morgan fingerprint density at radius 2 is 2.11 bits per heavy atom. The summed E-state index contributed by atoms with van der Waals surface area (Å²) in [4.78, 5) is 11.4. The van der Waals surface area contributed by atoms with Gasteiger partial charge in [0.1, 0.15) is 11.6 Å². The Hall–Kier alpha value is -1.61. The zero-order chi connectivity index (χ0) is 14.0. The molecule has 6 heteroatoms. The van der Waals surface area contributed by atoms with E-state index in [4.69, 9.17) is 5.26 Å². The normalized spacial score (nSPS) is 16.9. The van der Waals surface area contributed by atoms with Crippen molar-refractivity contribution in [1.29, 1.82) is 5.26 Å². The molecule has 1 saturated carbocycles. The molecule has 1 aliphatic carbocycles. The van der Waals surface area contributed by atoms with Crippen LogP contribution in [0.5, 0.6) is 0 Å². The van der Waals surface area contributed by atoms with Crippen molar-refractivity contribution in [3.05, 3.63) is 28.0 Å². The summed E-state index contributed by atoms with van der Waals surface area (Å²) >= 11 is 3.01. The Labute approximate surface area is 118 Å². The van der Waals surface area contributed by atoms with E-state index in [0.717, 1.165) is 12.8 Å². The van der Waals surface area contributed by atoms with Gasteiger partial charge in [-0.25, -0.2) is 9.18 Å². The highest BCUT2D eigenvalue weighted by atomic mass is 79.9. The van der Waals surface area contributed by atoms with Crippen LogP contribution in [0.25, 0.3) is 0 Å². The molecule has 4 nitrogen and oxygen atoms in total. The molecule has 1 fully saturated rings. The van der Waals surface area contributed by atoms with Gasteiger partial charge in [-0.1, -0.05) is 12.8 Å². The topological polar surface area (TPSA) is 73.1 Å². The minimum absolute atomic E-state index is 0.0542. The summed E-state index contributed by atoms with van der Waals surface area (Å²) in [7, 11) is 0. The zero-order valence-corrected chi connectivity index (χ0v) is 11.6. The third-order valence-corrected chi connectivity index (χ3v) is 4.22. The number of rotatable bonds is 3. The summed E-state index contributed by atoms with van der Waals surface area (Å²) in [6.45, 7) is 0. The van der Waals surface area contributed by atoms with Gasteiger partial charge in [-0.05, 0) is 40.9 Å². The first-order valence-electron chi connectivity index (χ1n) is 5.90. The zero-order valence-electron chi connectivity index (χ0n) is 10.0. The number of nitriles is 1. The molecule has 1 aromatic rings. The van der Waals surface area contributed by atoms with Crippen LogP contribution in [-0.2, 0) is 4.79 Å². The highest BCUT2D eigenvalue weighted by molar-refractivity contribution is 9.10. The molecule has 0 atom stereocenters. The molecule has 100 valence electrons. The van der Waals surface area contributed by atoms with Gasteiger partial charge in [0.2, 0.25) is 0 Å². The molecule has 1 aromatic carbocycles. The van der Waals surface area contributed by atoms with E-state index in [9.17, 15) is 14.3 Å². The molecule has 0 spiro atoms. The fourth-order valence-electron chi connectivity index (χ4n) is 2.36. The van der Waals surface area contributed by atoms with E-state index >= 15 is 0 Å². The van der Waals surface area contributed by atoms with Crippen molar-refractivity contribution >= 4 is 27.6 Å². The number of carboxylic acids is 1. The monoisotopic (exact) mass is 326 g/mol. The molecule has 0 saturated heterocycles. The maximum atomic E-state index is 14.1. The summed E-state index contributed by atoms with van der Waals surface area (Å²) in [5.74, 6) is -1.60. The minimum Gasteiger partial charge on any atom is -0.480 e. The molecule has 0 unspecified atom stereocenters. The molecule has 0 aromatic heterocycles. The first-order chi connectivity index (χ1) is 9.00. The van der Waals surface area contributed by atoms with Crippen LogP contribution in [0.1, 0.15) is 31.2 Å². The second-order valence-electron chi connectivity index (χ2n) is 4.62. The van der Waals surface area contributed by atoms with Crippen molar-refractivity contribution < 1.29 is 14.3 Å². The molecule has 0 radical (unpaired) electrons. The summed E-state index contributed by atoms with van der Waals surface area (Å²) in [5.41, 5.74) is -0.817. The van der Waals surface area contributed by atoms with Gasteiger partial charge in [-0.3, -0.25) is 0 Å². The van der Waals surface area contributed by atoms with Gasteiger partial charge in [0.25, 0.3) is 0 Å². The highest BCUT2D eigenvalue weighted by Gasteiger charge is 2.41. The number of benzene rings is 1. The second-order valence-corrected chi connectivity index (χ2v) is 5.41. The van der Waals surface area contributed by atoms with Crippen LogP contribution in [0.3, 0.4) is 0 Å². The molecule has 2 rings (SSSR count). The minimum atomic E-state index is -1.10. The smallest absolute Gasteiger partial charge is 0.329 e. The lowest BCUT2D eigenvalue weighted by atomic mass is 9.97. The fraction of sp³-hybridized carbons (Fsp3) is 0.385. The molecular formula is C13H12BrFN2O2. The van der Waals surface area contributed by atoms with Crippen LogP contribution < -0.4 is 5.32 Å².